The maximum Gasteiger partial charge on any atom is 0.310 e. The molecule has 4 aliphatic carbocycles. The zero-order valence-corrected chi connectivity index (χ0v) is 14.2. The van der Waals surface area contributed by atoms with E-state index in [0.29, 0.717) is 11.8 Å². The summed E-state index contributed by atoms with van der Waals surface area (Å²) in [5.41, 5.74) is -0.277. The van der Waals surface area contributed by atoms with Crippen LogP contribution in [0.4, 0.5) is 0 Å². The Balaban J connectivity index is 1.51. The summed E-state index contributed by atoms with van der Waals surface area (Å²) in [6.07, 6.45) is 14.5. The smallest absolute Gasteiger partial charge is 0.310 e. The highest BCUT2D eigenvalue weighted by Crippen LogP contribution is 2.49. The van der Waals surface area contributed by atoms with Crippen molar-refractivity contribution >= 4 is 5.97 Å². The van der Waals surface area contributed by atoms with Crippen molar-refractivity contribution in [3.8, 4) is 0 Å². The summed E-state index contributed by atoms with van der Waals surface area (Å²) in [6.45, 7) is 2.22. The number of carbonyl (C=O) groups excluding carboxylic acids is 1. The molecule has 0 amide bonds. The molecule has 0 saturated heterocycles. The monoisotopic (exact) mass is 318 g/mol. The first-order chi connectivity index (χ1) is 11.1. The molecule has 4 aliphatic rings. The second-order valence-electron chi connectivity index (χ2n) is 8.53. The van der Waals surface area contributed by atoms with E-state index in [-0.39, 0.29) is 35.4 Å². The number of fused-ring (bicyclic) bond motifs is 2. The van der Waals surface area contributed by atoms with Gasteiger partial charge in [0, 0.05) is 11.8 Å². The molecule has 0 aromatic rings. The number of rotatable bonds is 4. The highest BCUT2D eigenvalue weighted by molar-refractivity contribution is 5.75. The topological polar surface area (TPSA) is 46.5 Å². The summed E-state index contributed by atoms with van der Waals surface area (Å²) in [7, 11) is 0. The van der Waals surface area contributed by atoms with E-state index in [1.165, 1.54) is 51.4 Å². The van der Waals surface area contributed by atoms with Crippen LogP contribution < -0.4 is 0 Å². The molecule has 4 atom stereocenters. The largest absolute Gasteiger partial charge is 0.459 e. The molecule has 3 nitrogen and oxygen atoms in total. The Hall–Kier alpha value is -0.830. The van der Waals surface area contributed by atoms with E-state index in [9.17, 15) is 9.90 Å². The summed E-state index contributed by atoms with van der Waals surface area (Å²) in [5, 5.41) is 10.2. The molecule has 4 unspecified atom stereocenters. The lowest BCUT2D eigenvalue weighted by Crippen LogP contribution is -2.46. The van der Waals surface area contributed by atoms with E-state index >= 15 is 0 Å². The van der Waals surface area contributed by atoms with Crippen LogP contribution in [-0.4, -0.2) is 22.8 Å². The molecule has 0 aromatic carbocycles. The van der Waals surface area contributed by atoms with E-state index in [4.69, 9.17) is 4.74 Å². The van der Waals surface area contributed by atoms with Crippen LogP contribution in [0.1, 0.15) is 64.7 Å². The molecule has 0 radical (unpaired) electrons. The third-order valence-electron chi connectivity index (χ3n) is 7.36. The second-order valence-corrected chi connectivity index (χ2v) is 8.53. The Morgan fingerprint density at radius 2 is 1.61 bits per heavy atom. The third-order valence-corrected chi connectivity index (χ3v) is 7.36. The minimum atomic E-state index is -0.364. The minimum Gasteiger partial charge on any atom is -0.459 e. The first-order valence-electron chi connectivity index (χ1n) is 9.69. The Kier molecular flexibility index (Phi) is 4.03. The van der Waals surface area contributed by atoms with Crippen molar-refractivity contribution in [1.29, 1.82) is 0 Å². The molecule has 3 heteroatoms. The predicted molar refractivity (Wildman–Crippen MR) is 88.6 cm³/mol. The number of aliphatic hydroxyl groups excluding tert-OH is 1. The Bertz CT molecular complexity index is 469. The van der Waals surface area contributed by atoms with Gasteiger partial charge in [0.15, 0.2) is 0 Å². The van der Waals surface area contributed by atoms with E-state index in [1.54, 1.807) is 0 Å². The second kappa shape index (κ2) is 5.91. The molecule has 128 valence electrons. The van der Waals surface area contributed by atoms with Crippen LogP contribution in [0.3, 0.4) is 0 Å². The fraction of sp³-hybridized carbons (Fsp3) is 0.850. The molecule has 0 aromatic heterocycles. The van der Waals surface area contributed by atoms with Crippen LogP contribution >= 0.6 is 0 Å². The molecule has 0 spiro atoms. The highest BCUT2D eigenvalue weighted by Gasteiger charge is 2.51. The molecule has 4 rings (SSSR count). The van der Waals surface area contributed by atoms with Crippen LogP contribution in [0.25, 0.3) is 0 Å². The molecular weight excluding hydrogens is 288 g/mol. The van der Waals surface area contributed by atoms with Crippen molar-refractivity contribution in [2.75, 3.05) is 0 Å². The van der Waals surface area contributed by atoms with Gasteiger partial charge in [-0.05, 0) is 50.9 Å². The lowest BCUT2D eigenvalue weighted by atomic mass is 9.76. The average molecular weight is 318 g/mol. The van der Waals surface area contributed by atoms with Gasteiger partial charge >= 0.3 is 5.97 Å². The number of carbonyl (C=O) groups is 1. The van der Waals surface area contributed by atoms with Crippen molar-refractivity contribution in [2.45, 2.75) is 76.4 Å². The maximum atomic E-state index is 12.9. The summed E-state index contributed by atoms with van der Waals surface area (Å²) < 4.78 is 6.31. The Morgan fingerprint density at radius 3 is 2.04 bits per heavy atom. The van der Waals surface area contributed by atoms with Gasteiger partial charge in [-0.2, -0.15) is 0 Å². The van der Waals surface area contributed by atoms with E-state index in [2.05, 4.69) is 13.0 Å². The zero-order chi connectivity index (χ0) is 16.0. The zero-order valence-electron chi connectivity index (χ0n) is 14.2. The SMILES string of the molecule is CC(OC(=O)C1CC2C=CC1C2O)(C1CCCC1)C1CCCC1. The molecule has 0 heterocycles. The van der Waals surface area contributed by atoms with Crippen LogP contribution in [-0.2, 0) is 9.53 Å². The van der Waals surface area contributed by atoms with E-state index in [1.807, 2.05) is 6.08 Å². The van der Waals surface area contributed by atoms with E-state index in [0.717, 1.165) is 6.42 Å². The van der Waals surface area contributed by atoms with Gasteiger partial charge < -0.3 is 9.84 Å². The van der Waals surface area contributed by atoms with Crippen LogP contribution in [0, 0.1) is 29.6 Å². The number of ether oxygens (including phenoxy) is 1. The number of esters is 1. The summed E-state index contributed by atoms with van der Waals surface area (Å²) in [5.74, 6) is 1.07. The van der Waals surface area contributed by atoms with Crippen molar-refractivity contribution < 1.29 is 14.6 Å². The van der Waals surface area contributed by atoms with E-state index < -0.39 is 0 Å². The lowest BCUT2D eigenvalue weighted by Gasteiger charge is -2.41. The number of hydrogen-bond donors (Lipinski definition) is 1. The lowest BCUT2D eigenvalue weighted by molar-refractivity contribution is -0.178. The van der Waals surface area contributed by atoms with Crippen molar-refractivity contribution in [3.63, 3.8) is 0 Å². The van der Waals surface area contributed by atoms with Crippen LogP contribution in [0.15, 0.2) is 12.2 Å². The number of aliphatic hydroxyl groups is 1. The van der Waals surface area contributed by atoms with Crippen molar-refractivity contribution in [3.05, 3.63) is 12.2 Å². The van der Waals surface area contributed by atoms with Gasteiger partial charge in [0.25, 0.3) is 0 Å². The normalized spacial score (nSPS) is 37.8. The molecule has 23 heavy (non-hydrogen) atoms. The molecule has 0 aliphatic heterocycles. The summed E-state index contributed by atoms with van der Waals surface area (Å²) in [4.78, 5) is 12.9. The molecule has 2 bridgehead atoms. The quantitative estimate of drug-likeness (QED) is 0.632. The van der Waals surface area contributed by atoms with Crippen molar-refractivity contribution in [2.24, 2.45) is 29.6 Å². The first kappa shape index (κ1) is 15.7. The highest BCUT2D eigenvalue weighted by atomic mass is 16.6. The van der Waals surface area contributed by atoms with Gasteiger partial charge in [0.2, 0.25) is 0 Å². The molecule has 3 saturated carbocycles. The fourth-order valence-electron chi connectivity index (χ4n) is 5.87. The van der Waals surface area contributed by atoms with Gasteiger partial charge in [0.1, 0.15) is 5.60 Å². The van der Waals surface area contributed by atoms with Crippen LogP contribution in [0.5, 0.6) is 0 Å². The van der Waals surface area contributed by atoms with Crippen LogP contribution in [0.2, 0.25) is 0 Å². The molecular formula is C20H30O3. The third kappa shape index (κ3) is 2.56. The first-order valence-corrected chi connectivity index (χ1v) is 9.69. The standard InChI is InChI=1S/C20H30O3/c1-20(14-6-2-3-7-14,15-8-4-5-9-15)23-19(22)17-12-13-10-11-16(17)18(13)21/h10-11,13-18,21H,2-9,12H2,1H3. The maximum absolute atomic E-state index is 12.9. The van der Waals surface area contributed by atoms with Gasteiger partial charge in [-0.25, -0.2) is 0 Å². The summed E-state index contributed by atoms with van der Waals surface area (Å²) in [6, 6.07) is 0. The molecule has 3 fully saturated rings. The van der Waals surface area contributed by atoms with Gasteiger partial charge in [-0.3, -0.25) is 4.79 Å². The Labute approximate surface area is 139 Å². The van der Waals surface area contributed by atoms with Crippen molar-refractivity contribution in [1.82, 2.24) is 0 Å². The number of hydrogen-bond acceptors (Lipinski definition) is 3. The minimum absolute atomic E-state index is 0.0103. The average Bonchev–Trinajstić information content (AvgIpc) is 3.33. The summed E-state index contributed by atoms with van der Waals surface area (Å²) >= 11 is 0. The van der Waals surface area contributed by atoms with Gasteiger partial charge in [0.05, 0.1) is 12.0 Å². The molecule has 1 N–H and O–H groups in total. The van der Waals surface area contributed by atoms with Gasteiger partial charge in [-0.1, -0.05) is 37.8 Å². The fourth-order valence-corrected chi connectivity index (χ4v) is 5.87. The Morgan fingerprint density at radius 1 is 1.04 bits per heavy atom. The predicted octanol–water partition coefficient (Wildman–Crippen LogP) is 3.85. The van der Waals surface area contributed by atoms with Gasteiger partial charge in [-0.15, -0.1) is 0 Å².